The van der Waals surface area contributed by atoms with Gasteiger partial charge < -0.3 is 24.3 Å². The van der Waals surface area contributed by atoms with Crippen molar-refractivity contribution in [1.29, 1.82) is 0 Å². The van der Waals surface area contributed by atoms with E-state index in [2.05, 4.69) is 20.8 Å². The van der Waals surface area contributed by atoms with Crippen LogP contribution in [0.4, 0.5) is 0 Å². The summed E-state index contributed by atoms with van der Waals surface area (Å²) < 4.78 is 23.9. The summed E-state index contributed by atoms with van der Waals surface area (Å²) in [7, 11) is 4.91. The zero-order chi connectivity index (χ0) is 25.3. The topological polar surface area (TPSA) is 92.6 Å². The number of tetrazole rings is 1. The Hall–Kier alpha value is -4.11. The highest BCUT2D eigenvalue weighted by atomic mass is 16.5. The molecule has 4 rings (SSSR count). The van der Waals surface area contributed by atoms with Gasteiger partial charge in [-0.3, -0.25) is 0 Å². The third-order valence-corrected chi connectivity index (χ3v) is 5.76. The summed E-state index contributed by atoms with van der Waals surface area (Å²) in [5.74, 6) is 3.36. The molecule has 1 N–H and O–H groups in total. The third kappa shape index (κ3) is 6.11. The first-order valence-corrected chi connectivity index (χ1v) is 11.7. The maximum Gasteiger partial charge on any atom is 0.194 e. The lowest BCUT2D eigenvalue weighted by atomic mass is 10.1. The number of hydrogen-bond acceptors (Lipinski definition) is 8. The molecule has 9 nitrogen and oxygen atoms in total. The Morgan fingerprint density at radius 1 is 0.778 bits per heavy atom. The molecule has 0 atom stereocenters. The number of hydrogen-bond donors (Lipinski definition) is 1. The van der Waals surface area contributed by atoms with Crippen molar-refractivity contribution in [1.82, 2.24) is 25.5 Å². The van der Waals surface area contributed by atoms with E-state index in [-0.39, 0.29) is 6.61 Å². The first-order valence-electron chi connectivity index (χ1n) is 11.7. The van der Waals surface area contributed by atoms with E-state index < -0.39 is 0 Å². The number of nitrogens with zero attached hydrogens (tertiary/aromatic N) is 4. The number of methoxy groups -OCH3 is 3. The molecular weight excluding hydrogens is 458 g/mol. The van der Waals surface area contributed by atoms with Crippen LogP contribution in [0.2, 0.25) is 0 Å². The van der Waals surface area contributed by atoms with Gasteiger partial charge in [0.2, 0.25) is 0 Å². The van der Waals surface area contributed by atoms with E-state index in [1.54, 1.807) is 26.0 Å². The second kappa shape index (κ2) is 12.0. The summed E-state index contributed by atoms with van der Waals surface area (Å²) in [6.45, 7) is 3.77. The maximum absolute atomic E-state index is 6.01. The van der Waals surface area contributed by atoms with Crippen LogP contribution in [0.3, 0.4) is 0 Å². The van der Waals surface area contributed by atoms with Crippen molar-refractivity contribution in [3.63, 3.8) is 0 Å². The number of benzene rings is 3. The fourth-order valence-electron chi connectivity index (χ4n) is 3.77. The van der Waals surface area contributed by atoms with Gasteiger partial charge in [0.25, 0.3) is 0 Å². The fraction of sp³-hybridized carbons (Fsp3) is 0.296. The van der Waals surface area contributed by atoms with Crippen LogP contribution in [0.25, 0.3) is 5.69 Å². The van der Waals surface area contributed by atoms with Gasteiger partial charge in [0.05, 0.1) is 27.0 Å². The molecule has 0 radical (unpaired) electrons. The Balaban J connectivity index is 1.32. The van der Waals surface area contributed by atoms with Crippen molar-refractivity contribution >= 4 is 0 Å². The zero-order valence-electron chi connectivity index (χ0n) is 21.0. The number of nitrogens with one attached hydrogen (secondary N) is 1. The van der Waals surface area contributed by atoms with Crippen LogP contribution >= 0.6 is 0 Å². The highest BCUT2D eigenvalue weighted by Crippen LogP contribution is 2.29. The van der Waals surface area contributed by atoms with Crippen LogP contribution in [0.15, 0.2) is 60.7 Å². The summed E-state index contributed by atoms with van der Waals surface area (Å²) in [6, 6.07) is 19.9. The first-order chi connectivity index (χ1) is 17.6. The highest BCUT2D eigenvalue weighted by molar-refractivity contribution is 5.44. The lowest BCUT2D eigenvalue weighted by Gasteiger charge is -2.13. The maximum atomic E-state index is 6.01. The molecule has 0 amide bonds. The Bertz CT molecular complexity index is 1270. The molecule has 0 unspecified atom stereocenters. The molecule has 3 aromatic carbocycles. The van der Waals surface area contributed by atoms with Crippen LogP contribution in [-0.2, 0) is 19.6 Å². The number of ether oxygens (including phenoxy) is 4. The van der Waals surface area contributed by atoms with E-state index in [0.717, 1.165) is 35.7 Å². The van der Waals surface area contributed by atoms with Crippen molar-refractivity contribution in [2.75, 3.05) is 27.9 Å². The number of aromatic nitrogens is 4. The molecule has 1 aromatic heterocycles. The predicted octanol–water partition coefficient (Wildman–Crippen LogP) is 3.91. The molecule has 188 valence electrons. The second-order valence-electron chi connectivity index (χ2n) is 8.23. The Kier molecular flexibility index (Phi) is 8.36. The zero-order valence-corrected chi connectivity index (χ0v) is 21.0. The van der Waals surface area contributed by atoms with Gasteiger partial charge in [0.1, 0.15) is 0 Å². The van der Waals surface area contributed by atoms with Gasteiger partial charge >= 0.3 is 0 Å². The minimum absolute atomic E-state index is 0.208. The van der Waals surface area contributed by atoms with Crippen molar-refractivity contribution in [2.45, 2.75) is 26.5 Å². The summed E-state index contributed by atoms with van der Waals surface area (Å²) >= 11 is 0. The lowest BCUT2D eigenvalue weighted by molar-refractivity contribution is 0.273. The minimum Gasteiger partial charge on any atom is -0.493 e. The molecular formula is C27H31N5O4. The van der Waals surface area contributed by atoms with Crippen LogP contribution in [0.5, 0.6) is 23.0 Å². The van der Waals surface area contributed by atoms with Crippen molar-refractivity contribution in [2.24, 2.45) is 0 Å². The van der Waals surface area contributed by atoms with Gasteiger partial charge in [-0.15, -0.1) is 5.10 Å². The molecule has 0 aliphatic heterocycles. The average molecular weight is 490 g/mol. The van der Waals surface area contributed by atoms with Crippen LogP contribution in [0, 0.1) is 6.92 Å². The summed E-state index contributed by atoms with van der Waals surface area (Å²) in [5.41, 5.74) is 4.32. The standard InChI is InChI=1S/C27H31N5O4/c1-19-5-9-22(10-6-19)32-27(29-30-31-32)18-36-24-12-8-21(16-26(24)35-4)17-28-14-13-20-7-11-23(33-2)25(15-20)34-3/h5-12,15-16,28H,13-14,17-18H2,1-4H3. The van der Waals surface area contributed by atoms with Crippen LogP contribution < -0.4 is 24.3 Å². The summed E-state index contributed by atoms with van der Waals surface area (Å²) in [4.78, 5) is 0. The molecule has 1 heterocycles. The molecule has 0 aliphatic rings. The smallest absolute Gasteiger partial charge is 0.194 e. The molecule has 0 fully saturated rings. The van der Waals surface area contributed by atoms with Crippen molar-refractivity contribution < 1.29 is 18.9 Å². The monoisotopic (exact) mass is 489 g/mol. The fourth-order valence-corrected chi connectivity index (χ4v) is 3.77. The summed E-state index contributed by atoms with van der Waals surface area (Å²) in [6.07, 6.45) is 0.869. The highest BCUT2D eigenvalue weighted by Gasteiger charge is 2.12. The molecule has 9 heteroatoms. The Labute approximate surface area is 211 Å². The Morgan fingerprint density at radius 3 is 2.19 bits per heavy atom. The van der Waals surface area contributed by atoms with Crippen molar-refractivity contribution in [3.8, 4) is 28.7 Å². The van der Waals surface area contributed by atoms with Crippen molar-refractivity contribution in [3.05, 3.63) is 83.2 Å². The van der Waals surface area contributed by atoms with E-state index in [4.69, 9.17) is 18.9 Å². The molecule has 0 spiro atoms. The number of aryl methyl sites for hydroxylation is 1. The average Bonchev–Trinajstić information content (AvgIpc) is 3.39. The molecule has 0 bridgehead atoms. The van der Waals surface area contributed by atoms with Gasteiger partial charge in [0, 0.05) is 6.54 Å². The van der Waals surface area contributed by atoms with E-state index in [9.17, 15) is 0 Å². The molecule has 0 aliphatic carbocycles. The van der Waals surface area contributed by atoms with E-state index in [0.29, 0.717) is 23.9 Å². The summed E-state index contributed by atoms with van der Waals surface area (Å²) in [5, 5.41) is 15.5. The third-order valence-electron chi connectivity index (χ3n) is 5.76. The van der Waals surface area contributed by atoms with E-state index in [1.807, 2.05) is 67.6 Å². The van der Waals surface area contributed by atoms with Gasteiger partial charge in [-0.25, -0.2) is 0 Å². The van der Waals surface area contributed by atoms with Crippen LogP contribution in [-0.4, -0.2) is 48.1 Å². The molecule has 36 heavy (non-hydrogen) atoms. The number of rotatable bonds is 12. The minimum atomic E-state index is 0.208. The Morgan fingerprint density at radius 2 is 1.44 bits per heavy atom. The first kappa shape index (κ1) is 25.0. The molecule has 0 saturated heterocycles. The largest absolute Gasteiger partial charge is 0.493 e. The molecule has 4 aromatic rings. The van der Waals surface area contributed by atoms with Gasteiger partial charge in [-0.05, 0) is 77.8 Å². The lowest BCUT2D eigenvalue weighted by Crippen LogP contribution is -2.16. The van der Waals surface area contributed by atoms with Gasteiger partial charge in [0.15, 0.2) is 35.4 Å². The SMILES string of the molecule is COc1ccc(CCNCc2ccc(OCc3nnnn3-c3ccc(C)cc3)c(OC)c2)cc1OC. The van der Waals surface area contributed by atoms with E-state index in [1.165, 1.54) is 11.1 Å². The predicted molar refractivity (Wildman–Crippen MR) is 136 cm³/mol. The quantitative estimate of drug-likeness (QED) is 0.300. The normalized spacial score (nSPS) is 10.8. The van der Waals surface area contributed by atoms with Gasteiger partial charge in [-0.1, -0.05) is 29.8 Å². The van der Waals surface area contributed by atoms with E-state index >= 15 is 0 Å². The van der Waals surface area contributed by atoms with Crippen LogP contribution in [0.1, 0.15) is 22.5 Å². The van der Waals surface area contributed by atoms with Gasteiger partial charge in [-0.2, -0.15) is 4.68 Å². The second-order valence-corrected chi connectivity index (χ2v) is 8.23. The molecule has 0 saturated carbocycles.